The molecule has 1 heterocycles. The van der Waals surface area contributed by atoms with Crippen LogP contribution in [0.15, 0.2) is 0 Å². The Morgan fingerprint density at radius 1 is 1.23 bits per heavy atom. The van der Waals surface area contributed by atoms with E-state index in [9.17, 15) is 0 Å². The Bertz CT molecular complexity index is 130. The van der Waals surface area contributed by atoms with E-state index in [2.05, 4.69) is 13.8 Å². The summed E-state index contributed by atoms with van der Waals surface area (Å²) in [7, 11) is 1.16. The van der Waals surface area contributed by atoms with Gasteiger partial charge in [0.1, 0.15) is 0 Å². The molecule has 0 radical (unpaired) electrons. The molecule has 1 saturated heterocycles. The fourth-order valence-electron chi connectivity index (χ4n) is 1.76. The van der Waals surface area contributed by atoms with Gasteiger partial charge in [0, 0.05) is 13.2 Å². The molecule has 0 bridgehead atoms. The van der Waals surface area contributed by atoms with Gasteiger partial charge in [-0.2, -0.15) is 0 Å². The third-order valence-electron chi connectivity index (χ3n) is 2.93. The van der Waals surface area contributed by atoms with Crippen LogP contribution < -0.4 is 0 Å². The number of rotatable bonds is 5. The van der Waals surface area contributed by atoms with E-state index in [1.165, 1.54) is 38.3 Å². The van der Waals surface area contributed by atoms with Gasteiger partial charge in [0.25, 0.3) is 0 Å². The summed E-state index contributed by atoms with van der Waals surface area (Å²) in [5.41, 5.74) is 0. The van der Waals surface area contributed by atoms with Gasteiger partial charge >= 0.3 is 0 Å². The van der Waals surface area contributed by atoms with Crippen LogP contribution in [0.5, 0.6) is 0 Å². The molecule has 1 aliphatic rings. The lowest BCUT2D eigenvalue weighted by molar-refractivity contribution is 0.0806. The first-order chi connectivity index (χ1) is 6.27. The molecule has 0 spiro atoms. The molecule has 0 amide bonds. The fourth-order valence-corrected chi connectivity index (χ4v) is 3.35. The van der Waals surface area contributed by atoms with Crippen LogP contribution in [0.4, 0.5) is 0 Å². The Morgan fingerprint density at radius 3 is 2.54 bits per heavy atom. The van der Waals surface area contributed by atoms with Gasteiger partial charge in [0.15, 0.2) is 0 Å². The van der Waals surface area contributed by atoms with Gasteiger partial charge in [-0.1, -0.05) is 26.7 Å². The van der Waals surface area contributed by atoms with E-state index in [0.717, 1.165) is 21.8 Å². The molecule has 1 nitrogen and oxygen atoms in total. The topological polar surface area (TPSA) is 9.23 Å². The molecule has 1 fully saturated rings. The second-order valence-electron chi connectivity index (χ2n) is 4.31. The molecule has 0 aromatic carbocycles. The monoisotopic (exact) mass is 202 g/mol. The van der Waals surface area contributed by atoms with E-state index in [4.69, 9.17) is 4.74 Å². The largest absolute Gasteiger partial charge is 0.381 e. The van der Waals surface area contributed by atoms with Crippen LogP contribution in [-0.2, 0) is 4.74 Å². The zero-order valence-electron chi connectivity index (χ0n) is 9.07. The Kier molecular flexibility index (Phi) is 5.28. The summed E-state index contributed by atoms with van der Waals surface area (Å²) in [4.78, 5) is 0. The van der Waals surface area contributed by atoms with Crippen molar-refractivity contribution < 1.29 is 4.74 Å². The summed E-state index contributed by atoms with van der Waals surface area (Å²) < 4.78 is 5.40. The van der Waals surface area contributed by atoms with Gasteiger partial charge in [0.2, 0.25) is 0 Å². The van der Waals surface area contributed by atoms with Crippen LogP contribution in [0, 0.1) is 0 Å². The molecule has 1 rings (SSSR count). The SMILES string of the molecule is CCCCCPC1(C)CCOCC1. The molecular weight excluding hydrogens is 179 g/mol. The quantitative estimate of drug-likeness (QED) is 0.490. The zero-order valence-corrected chi connectivity index (χ0v) is 10.1. The third kappa shape index (κ3) is 4.42. The Morgan fingerprint density at radius 2 is 1.92 bits per heavy atom. The van der Waals surface area contributed by atoms with Crippen LogP contribution >= 0.6 is 8.58 Å². The van der Waals surface area contributed by atoms with E-state index in [1.54, 1.807) is 0 Å². The molecule has 0 aliphatic carbocycles. The first-order valence-electron chi connectivity index (χ1n) is 5.60. The van der Waals surface area contributed by atoms with Crippen molar-refractivity contribution in [3.8, 4) is 0 Å². The highest BCUT2D eigenvalue weighted by Gasteiger charge is 2.26. The van der Waals surface area contributed by atoms with Crippen molar-refractivity contribution in [2.45, 2.75) is 51.1 Å². The van der Waals surface area contributed by atoms with Gasteiger partial charge in [-0.3, -0.25) is 0 Å². The number of unbranched alkanes of at least 4 members (excludes halogenated alkanes) is 2. The van der Waals surface area contributed by atoms with Gasteiger partial charge < -0.3 is 4.74 Å². The molecular formula is C11H23OP. The Labute approximate surface area is 84.4 Å². The average Bonchev–Trinajstić information content (AvgIpc) is 2.14. The maximum atomic E-state index is 5.40. The molecule has 2 heteroatoms. The van der Waals surface area contributed by atoms with Gasteiger partial charge in [-0.25, -0.2) is 0 Å². The van der Waals surface area contributed by atoms with E-state index in [1.807, 2.05) is 0 Å². The molecule has 1 atom stereocenters. The van der Waals surface area contributed by atoms with Gasteiger partial charge in [0.05, 0.1) is 0 Å². The molecule has 78 valence electrons. The number of hydrogen-bond acceptors (Lipinski definition) is 1. The first-order valence-corrected chi connectivity index (χ1v) is 6.80. The van der Waals surface area contributed by atoms with Crippen LogP contribution in [0.3, 0.4) is 0 Å². The second-order valence-corrected chi connectivity index (χ2v) is 6.37. The predicted molar refractivity (Wildman–Crippen MR) is 61.2 cm³/mol. The Hall–Kier alpha value is 0.390. The number of hydrogen-bond donors (Lipinski definition) is 0. The van der Waals surface area contributed by atoms with Gasteiger partial charge in [-0.15, -0.1) is 8.58 Å². The molecule has 0 N–H and O–H groups in total. The highest BCUT2D eigenvalue weighted by atomic mass is 31.1. The highest BCUT2D eigenvalue weighted by Crippen LogP contribution is 2.40. The van der Waals surface area contributed by atoms with Crippen molar-refractivity contribution in [1.29, 1.82) is 0 Å². The summed E-state index contributed by atoms with van der Waals surface area (Å²) in [5.74, 6) is 0. The average molecular weight is 202 g/mol. The molecule has 0 aromatic rings. The summed E-state index contributed by atoms with van der Waals surface area (Å²) in [5, 5.41) is 0.631. The first kappa shape index (κ1) is 11.5. The molecule has 13 heavy (non-hydrogen) atoms. The Balaban J connectivity index is 2.10. The molecule has 0 saturated carbocycles. The standard InChI is InChI=1S/C11H23OP/c1-3-4-5-10-13-11(2)6-8-12-9-7-11/h13H,3-10H2,1-2H3. The molecule has 1 aliphatic heterocycles. The third-order valence-corrected chi connectivity index (χ3v) is 4.89. The van der Waals surface area contributed by atoms with Crippen molar-refractivity contribution in [2.24, 2.45) is 0 Å². The second kappa shape index (κ2) is 5.98. The van der Waals surface area contributed by atoms with Gasteiger partial charge in [-0.05, 0) is 30.6 Å². The van der Waals surface area contributed by atoms with Crippen molar-refractivity contribution in [1.82, 2.24) is 0 Å². The normalized spacial score (nSPS) is 22.6. The smallest absolute Gasteiger partial charge is 0.0474 e. The van der Waals surface area contributed by atoms with E-state index < -0.39 is 0 Å². The van der Waals surface area contributed by atoms with Crippen LogP contribution in [0.1, 0.15) is 46.0 Å². The minimum Gasteiger partial charge on any atom is -0.381 e. The summed E-state index contributed by atoms with van der Waals surface area (Å²) in [6.45, 7) is 6.72. The van der Waals surface area contributed by atoms with E-state index >= 15 is 0 Å². The predicted octanol–water partition coefficient (Wildman–Crippen LogP) is 3.42. The van der Waals surface area contributed by atoms with Crippen molar-refractivity contribution >= 4 is 8.58 Å². The minimum absolute atomic E-state index is 0.631. The van der Waals surface area contributed by atoms with E-state index in [0.29, 0.717) is 5.16 Å². The van der Waals surface area contributed by atoms with Crippen LogP contribution in [0.25, 0.3) is 0 Å². The van der Waals surface area contributed by atoms with Crippen LogP contribution in [0.2, 0.25) is 0 Å². The maximum absolute atomic E-state index is 5.40. The lowest BCUT2D eigenvalue weighted by atomic mass is 10.0. The fraction of sp³-hybridized carbons (Fsp3) is 1.00. The van der Waals surface area contributed by atoms with Crippen molar-refractivity contribution in [3.05, 3.63) is 0 Å². The maximum Gasteiger partial charge on any atom is 0.0474 e. The summed E-state index contributed by atoms with van der Waals surface area (Å²) in [6, 6.07) is 0. The van der Waals surface area contributed by atoms with Crippen molar-refractivity contribution in [3.63, 3.8) is 0 Å². The lowest BCUT2D eigenvalue weighted by Crippen LogP contribution is -2.28. The zero-order chi connectivity index (χ0) is 9.57. The molecule has 0 aromatic heterocycles. The van der Waals surface area contributed by atoms with Crippen LogP contribution in [-0.4, -0.2) is 24.5 Å². The lowest BCUT2D eigenvalue weighted by Gasteiger charge is -2.33. The van der Waals surface area contributed by atoms with E-state index in [-0.39, 0.29) is 0 Å². The summed E-state index contributed by atoms with van der Waals surface area (Å²) in [6.07, 6.45) is 8.23. The molecule has 1 unspecified atom stereocenters. The highest BCUT2D eigenvalue weighted by molar-refractivity contribution is 7.39. The van der Waals surface area contributed by atoms with Crippen molar-refractivity contribution in [2.75, 3.05) is 19.4 Å². The minimum atomic E-state index is 0.631. The number of ether oxygens (including phenoxy) is 1. The summed E-state index contributed by atoms with van der Waals surface area (Å²) >= 11 is 0.